The Labute approximate surface area is 147 Å². The number of nitrogens with zero attached hydrogens (tertiary/aromatic N) is 4. The van der Waals surface area contributed by atoms with Crippen LogP contribution in [0.1, 0.15) is 6.04 Å². The molecule has 1 amide bonds. The predicted octanol–water partition coefficient (Wildman–Crippen LogP) is 2.17. The van der Waals surface area contributed by atoms with Crippen LogP contribution in [0.3, 0.4) is 0 Å². The van der Waals surface area contributed by atoms with E-state index in [1.54, 1.807) is 24.5 Å². The lowest BCUT2D eigenvalue weighted by molar-refractivity contribution is -0.0226. The topological polar surface area (TPSA) is 105 Å². The number of hydrogen-bond donors (Lipinski definition) is 1. The molecule has 0 saturated carbocycles. The summed E-state index contributed by atoms with van der Waals surface area (Å²) in [5.74, 6) is -0.332. The van der Waals surface area contributed by atoms with E-state index in [0.29, 0.717) is 30.3 Å². The SMILES string of the molecule is NC(=O)Oc1nccc(-c2c(-c3ccc(F)cc3)ncn2C2COC2)n1. The number of carbonyl (C=O) groups excluding carboxylic acids is 1. The van der Waals surface area contributed by atoms with E-state index in [0.717, 1.165) is 5.56 Å². The van der Waals surface area contributed by atoms with E-state index >= 15 is 0 Å². The molecule has 4 rings (SSSR count). The minimum atomic E-state index is -0.998. The van der Waals surface area contributed by atoms with Gasteiger partial charge in [-0.3, -0.25) is 0 Å². The lowest BCUT2D eigenvalue weighted by Crippen LogP contribution is -2.30. The van der Waals surface area contributed by atoms with Crippen molar-refractivity contribution in [2.75, 3.05) is 13.2 Å². The van der Waals surface area contributed by atoms with E-state index in [4.69, 9.17) is 15.2 Å². The average Bonchev–Trinajstić information content (AvgIpc) is 2.98. The van der Waals surface area contributed by atoms with E-state index in [1.165, 1.54) is 18.3 Å². The van der Waals surface area contributed by atoms with Crippen LogP contribution in [0.2, 0.25) is 0 Å². The zero-order valence-corrected chi connectivity index (χ0v) is 13.5. The molecule has 3 heterocycles. The second-order valence-corrected chi connectivity index (χ2v) is 5.69. The molecule has 1 aromatic carbocycles. The van der Waals surface area contributed by atoms with Gasteiger partial charge in [0.2, 0.25) is 0 Å². The summed E-state index contributed by atoms with van der Waals surface area (Å²) in [5, 5.41) is 0. The third-order valence-electron chi connectivity index (χ3n) is 3.99. The summed E-state index contributed by atoms with van der Waals surface area (Å²) in [6, 6.07) is 7.65. The van der Waals surface area contributed by atoms with Crippen molar-refractivity contribution >= 4 is 6.09 Å². The molecule has 8 nitrogen and oxygen atoms in total. The molecule has 3 aromatic rings. The lowest BCUT2D eigenvalue weighted by atomic mass is 10.1. The monoisotopic (exact) mass is 355 g/mol. The molecule has 1 fully saturated rings. The number of rotatable bonds is 4. The number of ether oxygens (including phenoxy) is 2. The minimum absolute atomic E-state index is 0.113. The molecule has 0 unspecified atom stereocenters. The maximum atomic E-state index is 13.3. The van der Waals surface area contributed by atoms with Gasteiger partial charge in [0.15, 0.2) is 0 Å². The number of nitrogens with two attached hydrogens (primary N) is 1. The molecule has 0 aliphatic carbocycles. The fraction of sp³-hybridized carbons (Fsp3) is 0.176. The van der Waals surface area contributed by atoms with Crippen molar-refractivity contribution in [3.05, 3.63) is 48.7 Å². The predicted molar refractivity (Wildman–Crippen MR) is 88.7 cm³/mol. The number of imidazole rings is 1. The van der Waals surface area contributed by atoms with Gasteiger partial charge < -0.3 is 19.8 Å². The smallest absolute Gasteiger partial charge is 0.377 e. The third-order valence-corrected chi connectivity index (χ3v) is 3.99. The average molecular weight is 355 g/mol. The molecular formula is C17H14FN5O3. The van der Waals surface area contributed by atoms with Crippen LogP contribution in [0, 0.1) is 5.82 Å². The summed E-state index contributed by atoms with van der Waals surface area (Å²) < 4.78 is 25.3. The van der Waals surface area contributed by atoms with Gasteiger partial charge in [-0.2, -0.15) is 4.98 Å². The summed E-state index contributed by atoms with van der Waals surface area (Å²) in [4.78, 5) is 23.6. The number of hydrogen-bond acceptors (Lipinski definition) is 6. The van der Waals surface area contributed by atoms with Crippen LogP contribution in [0.15, 0.2) is 42.9 Å². The fourth-order valence-electron chi connectivity index (χ4n) is 2.71. The highest BCUT2D eigenvalue weighted by Gasteiger charge is 2.27. The Kier molecular flexibility index (Phi) is 4.05. The second kappa shape index (κ2) is 6.52. The molecular weight excluding hydrogens is 341 g/mol. The summed E-state index contributed by atoms with van der Waals surface area (Å²) in [6.07, 6.45) is 2.16. The maximum absolute atomic E-state index is 13.3. The number of halogens is 1. The number of primary amides is 1. The van der Waals surface area contributed by atoms with E-state index in [9.17, 15) is 9.18 Å². The fourth-order valence-corrected chi connectivity index (χ4v) is 2.71. The Bertz CT molecular complexity index is 953. The lowest BCUT2D eigenvalue weighted by Gasteiger charge is -2.28. The first kappa shape index (κ1) is 16.2. The summed E-state index contributed by atoms with van der Waals surface area (Å²) >= 11 is 0. The standard InChI is InChI=1S/C17H14FN5O3/c18-11-3-1-10(2-4-11)14-15(23(9-21-14)12-7-25-8-12)13-5-6-20-17(22-13)26-16(19)24/h1-6,9,12H,7-8H2,(H2,19,24). The van der Waals surface area contributed by atoms with Crippen LogP contribution in [0.4, 0.5) is 9.18 Å². The highest BCUT2D eigenvalue weighted by molar-refractivity contribution is 5.77. The van der Waals surface area contributed by atoms with Gasteiger partial charge in [-0.1, -0.05) is 0 Å². The van der Waals surface area contributed by atoms with Gasteiger partial charge in [-0.15, -0.1) is 0 Å². The van der Waals surface area contributed by atoms with Gasteiger partial charge in [0, 0.05) is 11.8 Å². The van der Waals surface area contributed by atoms with Gasteiger partial charge in [0.1, 0.15) is 5.82 Å². The number of carbonyl (C=O) groups is 1. The first-order valence-corrected chi connectivity index (χ1v) is 7.83. The Morgan fingerprint density at radius 3 is 2.65 bits per heavy atom. The van der Waals surface area contributed by atoms with Gasteiger partial charge >= 0.3 is 12.1 Å². The molecule has 1 saturated heterocycles. The van der Waals surface area contributed by atoms with Crippen LogP contribution in [-0.4, -0.2) is 38.8 Å². The Balaban J connectivity index is 1.84. The van der Waals surface area contributed by atoms with Crippen LogP contribution >= 0.6 is 0 Å². The van der Waals surface area contributed by atoms with Crippen molar-refractivity contribution in [3.8, 4) is 28.7 Å². The largest absolute Gasteiger partial charge is 0.412 e. The van der Waals surface area contributed by atoms with Crippen molar-refractivity contribution in [1.82, 2.24) is 19.5 Å². The molecule has 9 heteroatoms. The van der Waals surface area contributed by atoms with Crippen molar-refractivity contribution in [1.29, 1.82) is 0 Å². The van der Waals surface area contributed by atoms with Gasteiger partial charge in [-0.25, -0.2) is 19.2 Å². The molecule has 2 aromatic heterocycles. The Hall–Kier alpha value is -3.33. The molecule has 132 valence electrons. The van der Waals surface area contributed by atoms with Crippen LogP contribution in [0.25, 0.3) is 22.6 Å². The molecule has 0 radical (unpaired) electrons. The zero-order valence-electron chi connectivity index (χ0n) is 13.5. The minimum Gasteiger partial charge on any atom is -0.377 e. The normalized spacial score (nSPS) is 14.0. The molecule has 0 spiro atoms. The first-order valence-electron chi connectivity index (χ1n) is 7.83. The van der Waals surface area contributed by atoms with E-state index in [-0.39, 0.29) is 17.9 Å². The number of aromatic nitrogens is 4. The van der Waals surface area contributed by atoms with E-state index in [1.807, 2.05) is 4.57 Å². The first-order chi connectivity index (χ1) is 12.6. The summed E-state index contributed by atoms with van der Waals surface area (Å²) in [7, 11) is 0. The maximum Gasteiger partial charge on any atom is 0.412 e. The highest BCUT2D eigenvalue weighted by Crippen LogP contribution is 2.34. The van der Waals surface area contributed by atoms with Crippen molar-refractivity contribution in [3.63, 3.8) is 0 Å². The van der Waals surface area contributed by atoms with Gasteiger partial charge in [0.05, 0.1) is 42.7 Å². The molecule has 0 atom stereocenters. The van der Waals surface area contributed by atoms with Crippen molar-refractivity contribution in [2.24, 2.45) is 5.73 Å². The second-order valence-electron chi connectivity index (χ2n) is 5.69. The van der Waals surface area contributed by atoms with Crippen LogP contribution in [-0.2, 0) is 4.74 Å². The van der Waals surface area contributed by atoms with Crippen LogP contribution < -0.4 is 10.5 Å². The molecule has 26 heavy (non-hydrogen) atoms. The molecule has 1 aliphatic heterocycles. The molecule has 2 N–H and O–H groups in total. The number of amides is 1. The molecule has 0 bridgehead atoms. The van der Waals surface area contributed by atoms with Crippen molar-refractivity contribution in [2.45, 2.75) is 6.04 Å². The quantitative estimate of drug-likeness (QED) is 0.769. The number of benzene rings is 1. The van der Waals surface area contributed by atoms with Crippen molar-refractivity contribution < 1.29 is 18.7 Å². The molecule has 1 aliphatic rings. The van der Waals surface area contributed by atoms with E-state index < -0.39 is 6.09 Å². The third kappa shape index (κ3) is 3.00. The van der Waals surface area contributed by atoms with E-state index in [2.05, 4.69) is 15.0 Å². The van der Waals surface area contributed by atoms with Gasteiger partial charge in [0.25, 0.3) is 0 Å². The highest BCUT2D eigenvalue weighted by atomic mass is 19.1. The van der Waals surface area contributed by atoms with Crippen LogP contribution in [0.5, 0.6) is 6.01 Å². The van der Waals surface area contributed by atoms with Gasteiger partial charge in [-0.05, 0) is 30.3 Å². The Morgan fingerprint density at radius 1 is 1.23 bits per heavy atom. The Morgan fingerprint density at radius 2 is 2.00 bits per heavy atom. The summed E-state index contributed by atoms with van der Waals surface area (Å²) in [5.41, 5.74) is 7.58. The zero-order chi connectivity index (χ0) is 18.1. The summed E-state index contributed by atoms with van der Waals surface area (Å²) in [6.45, 7) is 1.11.